The van der Waals surface area contributed by atoms with E-state index in [2.05, 4.69) is 9.97 Å². The minimum Gasteiger partial charge on any atom is -0.493 e. The van der Waals surface area contributed by atoms with Crippen LogP contribution < -0.4 is 14.6 Å². The third kappa shape index (κ3) is 2.75. The monoisotopic (exact) mass is 377 g/mol. The molecule has 2 aromatic heterocycles. The van der Waals surface area contributed by atoms with Crippen molar-refractivity contribution in [1.29, 1.82) is 0 Å². The zero-order valence-corrected chi connectivity index (χ0v) is 15.2. The topological polar surface area (TPSA) is 113 Å². The molecular formula is C16H19N5O4S. The second kappa shape index (κ2) is 6.08. The van der Waals surface area contributed by atoms with Gasteiger partial charge in [-0.25, -0.2) is 10.1 Å². The normalized spacial score (nSPS) is 16.1. The molecule has 2 N–H and O–H groups in total. The van der Waals surface area contributed by atoms with E-state index in [1.54, 1.807) is 26.7 Å². The summed E-state index contributed by atoms with van der Waals surface area (Å²) in [6.45, 7) is 1.48. The molecule has 0 unspecified atom stereocenters. The van der Waals surface area contributed by atoms with E-state index in [-0.39, 0.29) is 5.92 Å². The van der Waals surface area contributed by atoms with Crippen molar-refractivity contribution in [3.8, 4) is 11.5 Å². The van der Waals surface area contributed by atoms with Gasteiger partial charge >= 0.3 is 0 Å². The molecule has 0 aliphatic carbocycles. The van der Waals surface area contributed by atoms with Crippen LogP contribution in [0.1, 0.15) is 0 Å². The Hall–Kier alpha value is -2.43. The Morgan fingerprint density at radius 2 is 1.85 bits per heavy atom. The maximum absolute atomic E-state index is 11.3. The summed E-state index contributed by atoms with van der Waals surface area (Å²) in [6, 6.07) is 3.72. The summed E-state index contributed by atoms with van der Waals surface area (Å²) in [4.78, 5) is 8.87. The summed E-state index contributed by atoms with van der Waals surface area (Å²) in [5, 5.41) is 6.05. The van der Waals surface area contributed by atoms with Gasteiger partial charge in [0, 0.05) is 37.0 Å². The van der Waals surface area contributed by atoms with Crippen LogP contribution in [-0.2, 0) is 16.8 Å². The number of hydrogen-bond acceptors (Lipinski definition) is 6. The lowest BCUT2D eigenvalue weighted by Crippen LogP contribution is -2.53. The third-order valence-corrected chi connectivity index (χ3v) is 5.71. The number of aromatic nitrogens is 3. The summed E-state index contributed by atoms with van der Waals surface area (Å²) in [5.41, 5.74) is 2.48. The highest BCUT2D eigenvalue weighted by atomic mass is 32.2. The minimum absolute atomic E-state index is 0.189. The van der Waals surface area contributed by atoms with Crippen LogP contribution in [0.25, 0.3) is 21.9 Å². The molecule has 10 heteroatoms. The van der Waals surface area contributed by atoms with E-state index < -0.39 is 10.2 Å². The average Bonchev–Trinajstić information content (AvgIpc) is 2.98. The lowest BCUT2D eigenvalue weighted by molar-refractivity contribution is 0.181. The lowest BCUT2D eigenvalue weighted by Gasteiger charge is -2.36. The number of methoxy groups -OCH3 is 2. The zero-order valence-electron chi connectivity index (χ0n) is 14.4. The second-order valence-electron chi connectivity index (χ2n) is 6.34. The van der Waals surface area contributed by atoms with Gasteiger partial charge in [0.15, 0.2) is 11.5 Å². The Morgan fingerprint density at radius 3 is 2.50 bits per heavy atom. The average molecular weight is 377 g/mol. The highest BCUT2D eigenvalue weighted by molar-refractivity contribution is 7.86. The number of ether oxygens (including phenoxy) is 2. The minimum atomic E-state index is -3.60. The van der Waals surface area contributed by atoms with Crippen LogP contribution in [0.3, 0.4) is 0 Å². The van der Waals surface area contributed by atoms with E-state index in [4.69, 9.17) is 14.6 Å². The van der Waals surface area contributed by atoms with Gasteiger partial charge in [0.05, 0.1) is 37.8 Å². The van der Waals surface area contributed by atoms with Crippen LogP contribution in [0.5, 0.6) is 11.5 Å². The van der Waals surface area contributed by atoms with E-state index >= 15 is 0 Å². The van der Waals surface area contributed by atoms with Crippen molar-refractivity contribution in [2.45, 2.75) is 6.54 Å². The first kappa shape index (κ1) is 17.0. The Morgan fingerprint density at radius 1 is 1.15 bits per heavy atom. The SMILES string of the molecule is COc1cc2ncc3ncn(CC4CN(S(N)(=O)=O)C4)c3c2cc1OC. The molecule has 1 fully saturated rings. The molecule has 0 bridgehead atoms. The molecule has 1 aromatic carbocycles. The van der Waals surface area contributed by atoms with Crippen molar-refractivity contribution in [3.05, 3.63) is 24.7 Å². The molecule has 1 aliphatic heterocycles. The second-order valence-corrected chi connectivity index (χ2v) is 7.89. The van der Waals surface area contributed by atoms with E-state index in [0.717, 1.165) is 21.9 Å². The van der Waals surface area contributed by atoms with Crippen LogP contribution in [0, 0.1) is 5.92 Å². The number of imidazole rings is 1. The predicted octanol–water partition coefficient (Wildman–Crippen LogP) is 0.737. The van der Waals surface area contributed by atoms with Crippen molar-refractivity contribution in [2.75, 3.05) is 27.3 Å². The molecule has 0 radical (unpaired) electrons. The molecule has 0 spiro atoms. The first-order valence-corrected chi connectivity index (χ1v) is 9.54. The summed E-state index contributed by atoms with van der Waals surface area (Å²) >= 11 is 0. The highest BCUT2D eigenvalue weighted by Crippen LogP contribution is 2.34. The quantitative estimate of drug-likeness (QED) is 0.702. The molecule has 0 saturated carbocycles. The molecular weight excluding hydrogens is 358 g/mol. The van der Waals surface area contributed by atoms with Crippen LogP contribution in [0.2, 0.25) is 0 Å². The number of nitrogens with zero attached hydrogens (tertiary/aromatic N) is 4. The summed E-state index contributed by atoms with van der Waals surface area (Å²) < 4.78 is 36.7. The van der Waals surface area contributed by atoms with Crippen LogP contribution in [-0.4, -0.2) is 54.6 Å². The third-order valence-electron chi connectivity index (χ3n) is 4.69. The molecule has 4 rings (SSSR count). The number of pyridine rings is 1. The lowest BCUT2D eigenvalue weighted by atomic mass is 10.0. The number of hydrogen-bond donors (Lipinski definition) is 1. The number of nitrogens with two attached hydrogens (primary N) is 1. The Bertz CT molecular complexity index is 1090. The van der Waals surface area contributed by atoms with E-state index in [9.17, 15) is 8.42 Å². The van der Waals surface area contributed by atoms with Gasteiger partial charge < -0.3 is 14.0 Å². The van der Waals surface area contributed by atoms with Crippen LogP contribution in [0.15, 0.2) is 24.7 Å². The molecule has 26 heavy (non-hydrogen) atoms. The summed E-state index contributed by atoms with van der Waals surface area (Å²) in [5.74, 6) is 1.42. The van der Waals surface area contributed by atoms with E-state index in [1.807, 2.05) is 16.7 Å². The number of benzene rings is 1. The van der Waals surface area contributed by atoms with Crippen molar-refractivity contribution in [1.82, 2.24) is 18.8 Å². The Kier molecular flexibility index (Phi) is 3.98. The maximum atomic E-state index is 11.3. The molecule has 3 aromatic rings. The fourth-order valence-corrected chi connectivity index (χ4v) is 4.18. The molecule has 0 atom stereocenters. The van der Waals surface area contributed by atoms with Gasteiger partial charge in [0.2, 0.25) is 0 Å². The molecule has 9 nitrogen and oxygen atoms in total. The zero-order chi connectivity index (χ0) is 18.5. The molecule has 138 valence electrons. The number of rotatable bonds is 5. The Balaban J connectivity index is 1.73. The Labute approximate surface area is 150 Å². The van der Waals surface area contributed by atoms with Gasteiger partial charge in [-0.1, -0.05) is 0 Å². The fourth-order valence-electron chi connectivity index (χ4n) is 3.34. The largest absolute Gasteiger partial charge is 0.493 e. The highest BCUT2D eigenvalue weighted by Gasteiger charge is 2.34. The maximum Gasteiger partial charge on any atom is 0.276 e. The van der Waals surface area contributed by atoms with Crippen molar-refractivity contribution >= 4 is 32.1 Å². The first-order valence-electron chi connectivity index (χ1n) is 8.04. The molecule has 1 aliphatic rings. The van der Waals surface area contributed by atoms with Crippen molar-refractivity contribution in [3.63, 3.8) is 0 Å². The first-order chi connectivity index (χ1) is 12.4. The van der Waals surface area contributed by atoms with Crippen molar-refractivity contribution < 1.29 is 17.9 Å². The van der Waals surface area contributed by atoms with Crippen LogP contribution in [0.4, 0.5) is 0 Å². The van der Waals surface area contributed by atoms with Crippen molar-refractivity contribution in [2.24, 2.45) is 11.1 Å². The fraction of sp³-hybridized carbons (Fsp3) is 0.375. The van der Waals surface area contributed by atoms with Gasteiger partial charge in [0.1, 0.15) is 5.52 Å². The van der Waals surface area contributed by atoms with Gasteiger partial charge in [-0.05, 0) is 6.07 Å². The summed E-state index contributed by atoms with van der Waals surface area (Å²) in [7, 11) is -0.432. The van der Waals surface area contributed by atoms with E-state index in [0.29, 0.717) is 31.1 Å². The molecule has 0 amide bonds. The van der Waals surface area contributed by atoms with Gasteiger partial charge in [-0.3, -0.25) is 4.98 Å². The van der Waals surface area contributed by atoms with Crippen LogP contribution >= 0.6 is 0 Å². The molecule has 1 saturated heterocycles. The van der Waals surface area contributed by atoms with Gasteiger partial charge in [0.25, 0.3) is 10.2 Å². The summed E-state index contributed by atoms with van der Waals surface area (Å²) in [6.07, 6.45) is 3.47. The number of fused-ring (bicyclic) bond motifs is 3. The van der Waals surface area contributed by atoms with Gasteiger partial charge in [-0.15, -0.1) is 0 Å². The standard InChI is InChI=1S/C16H19N5O4S/c1-24-14-3-11-12(4-15(14)25-2)18-5-13-16(11)20(9-19-13)6-10-7-21(8-10)26(17,22)23/h3-5,9-10H,6-8H2,1-2H3,(H2,17,22,23). The molecule has 3 heterocycles. The van der Waals surface area contributed by atoms with E-state index in [1.165, 1.54) is 4.31 Å². The predicted molar refractivity (Wildman–Crippen MR) is 96.3 cm³/mol. The van der Waals surface area contributed by atoms with Gasteiger partial charge in [-0.2, -0.15) is 12.7 Å². The smallest absolute Gasteiger partial charge is 0.276 e.